The van der Waals surface area contributed by atoms with Crippen molar-refractivity contribution in [2.45, 2.75) is 25.2 Å². The summed E-state index contributed by atoms with van der Waals surface area (Å²) >= 11 is 0. The Bertz CT molecular complexity index is 673. The van der Waals surface area contributed by atoms with Crippen LogP contribution in [0.3, 0.4) is 0 Å². The molecule has 112 valence electrons. The molecule has 0 fully saturated rings. The molecule has 2 heteroatoms. The van der Waals surface area contributed by atoms with Gasteiger partial charge in [0.15, 0.2) is 0 Å². The Morgan fingerprint density at radius 1 is 1.05 bits per heavy atom. The lowest BCUT2D eigenvalue weighted by molar-refractivity contribution is -0.142. The molecule has 0 aromatic heterocycles. The first-order chi connectivity index (χ1) is 10.8. The van der Waals surface area contributed by atoms with Gasteiger partial charge in [0, 0.05) is 5.92 Å². The van der Waals surface area contributed by atoms with Crippen LogP contribution in [-0.2, 0) is 11.2 Å². The van der Waals surface area contributed by atoms with E-state index in [1.165, 1.54) is 5.56 Å². The normalized spacial score (nSPS) is 17.2. The number of fused-ring (bicyclic) bond motifs is 1. The number of rotatable bonds is 6. The fourth-order valence-electron chi connectivity index (χ4n) is 3.26. The molecule has 22 heavy (non-hydrogen) atoms. The zero-order valence-corrected chi connectivity index (χ0v) is 12.5. The SMILES string of the molecule is O=C(O)C(CCCc1ccccc1)C1C=Cc2ccccc21. The predicted molar refractivity (Wildman–Crippen MR) is 88.7 cm³/mol. The molecule has 0 spiro atoms. The molecule has 0 radical (unpaired) electrons. The first-order valence-electron chi connectivity index (χ1n) is 7.79. The molecule has 1 aliphatic carbocycles. The number of hydrogen-bond acceptors (Lipinski definition) is 1. The van der Waals surface area contributed by atoms with E-state index in [-0.39, 0.29) is 11.8 Å². The van der Waals surface area contributed by atoms with E-state index in [2.05, 4.69) is 18.2 Å². The van der Waals surface area contributed by atoms with Gasteiger partial charge < -0.3 is 5.11 Å². The summed E-state index contributed by atoms with van der Waals surface area (Å²) in [6.07, 6.45) is 6.63. The van der Waals surface area contributed by atoms with Crippen LogP contribution in [0, 0.1) is 5.92 Å². The van der Waals surface area contributed by atoms with Gasteiger partial charge in [0.2, 0.25) is 0 Å². The molecule has 0 bridgehead atoms. The second kappa shape index (κ2) is 6.61. The number of aryl methyl sites for hydroxylation is 1. The van der Waals surface area contributed by atoms with Crippen molar-refractivity contribution in [3.05, 3.63) is 77.4 Å². The average molecular weight is 292 g/mol. The van der Waals surface area contributed by atoms with Gasteiger partial charge in [0.05, 0.1) is 5.92 Å². The summed E-state index contributed by atoms with van der Waals surface area (Å²) in [6, 6.07) is 18.3. The van der Waals surface area contributed by atoms with Gasteiger partial charge in [0.25, 0.3) is 0 Å². The first-order valence-corrected chi connectivity index (χ1v) is 7.79. The lowest BCUT2D eigenvalue weighted by Gasteiger charge is -2.20. The summed E-state index contributed by atoms with van der Waals surface area (Å²) in [5.74, 6) is -1.03. The van der Waals surface area contributed by atoms with E-state index in [0.29, 0.717) is 6.42 Å². The first kappa shape index (κ1) is 14.6. The minimum absolute atomic E-state index is 0.00414. The summed E-state index contributed by atoms with van der Waals surface area (Å²) in [6.45, 7) is 0. The van der Waals surface area contributed by atoms with Gasteiger partial charge in [0.1, 0.15) is 0 Å². The van der Waals surface area contributed by atoms with Gasteiger partial charge in [-0.3, -0.25) is 4.79 Å². The molecule has 0 amide bonds. The summed E-state index contributed by atoms with van der Waals surface area (Å²) in [7, 11) is 0. The van der Waals surface area contributed by atoms with Crippen molar-refractivity contribution in [3.63, 3.8) is 0 Å². The molecule has 2 aromatic rings. The fourth-order valence-corrected chi connectivity index (χ4v) is 3.26. The van der Waals surface area contributed by atoms with Gasteiger partial charge in [-0.25, -0.2) is 0 Å². The molecule has 2 nitrogen and oxygen atoms in total. The van der Waals surface area contributed by atoms with Gasteiger partial charge in [-0.2, -0.15) is 0 Å². The highest BCUT2D eigenvalue weighted by Gasteiger charge is 2.30. The highest BCUT2D eigenvalue weighted by atomic mass is 16.4. The van der Waals surface area contributed by atoms with Gasteiger partial charge >= 0.3 is 5.97 Å². The molecule has 1 aliphatic rings. The molecule has 1 N–H and O–H groups in total. The van der Waals surface area contributed by atoms with E-state index in [0.717, 1.165) is 24.0 Å². The maximum absolute atomic E-state index is 11.7. The molecule has 2 atom stereocenters. The van der Waals surface area contributed by atoms with Crippen LogP contribution >= 0.6 is 0 Å². The molecule has 0 saturated carbocycles. The van der Waals surface area contributed by atoms with Crippen molar-refractivity contribution in [3.8, 4) is 0 Å². The van der Waals surface area contributed by atoms with E-state index in [1.54, 1.807) is 0 Å². The van der Waals surface area contributed by atoms with Crippen molar-refractivity contribution in [1.29, 1.82) is 0 Å². The van der Waals surface area contributed by atoms with Crippen molar-refractivity contribution in [2.75, 3.05) is 0 Å². The topological polar surface area (TPSA) is 37.3 Å². The zero-order valence-electron chi connectivity index (χ0n) is 12.5. The Morgan fingerprint density at radius 2 is 1.77 bits per heavy atom. The third-order valence-electron chi connectivity index (χ3n) is 4.41. The van der Waals surface area contributed by atoms with Crippen molar-refractivity contribution in [1.82, 2.24) is 0 Å². The van der Waals surface area contributed by atoms with E-state index in [1.807, 2.05) is 48.6 Å². The number of allylic oxidation sites excluding steroid dienone is 1. The largest absolute Gasteiger partial charge is 0.481 e. The van der Waals surface area contributed by atoms with Gasteiger partial charge in [-0.1, -0.05) is 66.7 Å². The highest BCUT2D eigenvalue weighted by molar-refractivity contribution is 5.75. The molecule has 0 aliphatic heterocycles. The molecular formula is C20H20O2. The predicted octanol–water partition coefficient (Wildman–Crippen LogP) is 4.52. The number of aliphatic carboxylic acids is 1. The van der Waals surface area contributed by atoms with Gasteiger partial charge in [-0.15, -0.1) is 0 Å². The highest BCUT2D eigenvalue weighted by Crippen LogP contribution is 2.37. The number of benzene rings is 2. The van der Waals surface area contributed by atoms with Crippen LogP contribution in [0.1, 0.15) is 35.4 Å². The number of carboxylic acid groups (broad SMARTS) is 1. The second-order valence-corrected chi connectivity index (χ2v) is 5.84. The van der Waals surface area contributed by atoms with Crippen LogP contribution in [0.5, 0.6) is 0 Å². The lowest BCUT2D eigenvalue weighted by Crippen LogP contribution is -2.20. The molecule has 2 aromatic carbocycles. The monoisotopic (exact) mass is 292 g/mol. The Morgan fingerprint density at radius 3 is 2.55 bits per heavy atom. The fraction of sp³-hybridized carbons (Fsp3) is 0.250. The van der Waals surface area contributed by atoms with Crippen LogP contribution < -0.4 is 0 Å². The van der Waals surface area contributed by atoms with Gasteiger partial charge in [-0.05, 0) is 36.0 Å². The molecular weight excluding hydrogens is 272 g/mol. The minimum atomic E-state index is -0.695. The van der Waals surface area contributed by atoms with E-state index in [4.69, 9.17) is 0 Å². The molecule has 0 heterocycles. The Balaban J connectivity index is 1.67. The third-order valence-corrected chi connectivity index (χ3v) is 4.41. The van der Waals surface area contributed by atoms with E-state index < -0.39 is 5.97 Å². The molecule has 0 saturated heterocycles. The Hall–Kier alpha value is -2.35. The van der Waals surface area contributed by atoms with E-state index in [9.17, 15) is 9.90 Å². The number of carboxylic acids is 1. The lowest BCUT2D eigenvalue weighted by atomic mass is 9.84. The van der Waals surface area contributed by atoms with E-state index >= 15 is 0 Å². The Labute approximate surface area is 131 Å². The minimum Gasteiger partial charge on any atom is -0.481 e. The average Bonchev–Trinajstić information content (AvgIpc) is 2.96. The van der Waals surface area contributed by atoms with Crippen LogP contribution in [-0.4, -0.2) is 11.1 Å². The summed E-state index contributed by atoms with van der Waals surface area (Å²) in [4.78, 5) is 11.7. The summed E-state index contributed by atoms with van der Waals surface area (Å²) < 4.78 is 0. The Kier molecular flexibility index (Phi) is 4.38. The van der Waals surface area contributed by atoms with Crippen LogP contribution in [0.25, 0.3) is 6.08 Å². The molecule has 2 unspecified atom stereocenters. The van der Waals surface area contributed by atoms with Crippen LogP contribution in [0.2, 0.25) is 0 Å². The summed E-state index contributed by atoms with van der Waals surface area (Å²) in [5.41, 5.74) is 3.57. The van der Waals surface area contributed by atoms with Crippen molar-refractivity contribution in [2.24, 2.45) is 5.92 Å². The van der Waals surface area contributed by atoms with Crippen molar-refractivity contribution >= 4 is 12.0 Å². The standard InChI is InChI=1S/C20H20O2/c21-20(22)19(12-6-9-15-7-2-1-3-8-15)18-14-13-16-10-4-5-11-17(16)18/h1-5,7-8,10-11,13-14,18-19H,6,9,12H2,(H,21,22). The van der Waals surface area contributed by atoms with Crippen molar-refractivity contribution < 1.29 is 9.90 Å². The quantitative estimate of drug-likeness (QED) is 0.850. The zero-order chi connectivity index (χ0) is 15.4. The number of carbonyl (C=O) groups is 1. The molecule has 3 rings (SSSR count). The maximum Gasteiger partial charge on any atom is 0.307 e. The van der Waals surface area contributed by atoms with Crippen LogP contribution in [0.4, 0.5) is 0 Å². The smallest absolute Gasteiger partial charge is 0.307 e. The van der Waals surface area contributed by atoms with Crippen LogP contribution in [0.15, 0.2) is 60.7 Å². The summed E-state index contributed by atoms with van der Waals surface area (Å²) in [5, 5.41) is 9.62. The number of hydrogen-bond donors (Lipinski definition) is 1. The third kappa shape index (κ3) is 3.11. The maximum atomic E-state index is 11.7. The second-order valence-electron chi connectivity index (χ2n) is 5.84.